The largest absolute Gasteiger partial charge is 0.359 e. The Balaban J connectivity index is 1.54. The van der Waals surface area contributed by atoms with Crippen molar-refractivity contribution in [3.05, 3.63) is 28.6 Å². The lowest BCUT2D eigenvalue weighted by Gasteiger charge is -2.25. The topological polar surface area (TPSA) is 45.2 Å². The summed E-state index contributed by atoms with van der Waals surface area (Å²) in [5, 5.41) is 6.60. The van der Waals surface area contributed by atoms with Gasteiger partial charge in [-0.3, -0.25) is 4.79 Å². The van der Waals surface area contributed by atoms with Gasteiger partial charge >= 0.3 is 0 Å². The molecule has 0 atom stereocenters. The van der Waals surface area contributed by atoms with Crippen LogP contribution in [-0.2, 0) is 17.6 Å². The summed E-state index contributed by atoms with van der Waals surface area (Å²) in [6.45, 7) is 0.879. The molecule has 0 radical (unpaired) electrons. The summed E-state index contributed by atoms with van der Waals surface area (Å²) < 4.78 is 0. The van der Waals surface area contributed by atoms with E-state index in [4.69, 9.17) is 4.98 Å². The lowest BCUT2D eigenvalue weighted by molar-refractivity contribution is -0.117. The maximum atomic E-state index is 12.1. The highest BCUT2D eigenvalue weighted by Crippen LogP contribution is 2.40. The lowest BCUT2D eigenvalue weighted by atomic mass is 9.96. The summed E-state index contributed by atoms with van der Waals surface area (Å²) >= 11 is 1.67. The second-order valence-electron chi connectivity index (χ2n) is 6.43. The van der Waals surface area contributed by atoms with Crippen molar-refractivity contribution in [1.82, 2.24) is 4.98 Å². The average molecular weight is 311 g/mol. The van der Waals surface area contributed by atoms with Crippen LogP contribution in [-0.4, -0.2) is 23.5 Å². The fourth-order valence-electron chi connectivity index (χ4n) is 3.50. The summed E-state index contributed by atoms with van der Waals surface area (Å²) in [6.07, 6.45) is 5.20. The van der Waals surface area contributed by atoms with Crippen molar-refractivity contribution in [2.75, 3.05) is 16.8 Å². The number of thiazole rings is 1. The second-order valence-corrected chi connectivity index (χ2v) is 7.28. The number of benzene rings is 1. The van der Waals surface area contributed by atoms with Crippen molar-refractivity contribution in [2.24, 2.45) is 0 Å². The summed E-state index contributed by atoms with van der Waals surface area (Å²) in [4.78, 5) is 18.8. The van der Waals surface area contributed by atoms with Crippen LogP contribution in [0.2, 0.25) is 0 Å². The molecule has 0 spiro atoms. The molecule has 1 aromatic heterocycles. The monoisotopic (exact) mass is 311 g/mol. The molecule has 2 aliphatic heterocycles. The van der Waals surface area contributed by atoms with Gasteiger partial charge in [0.1, 0.15) is 0 Å². The number of amides is 1. The molecule has 22 heavy (non-hydrogen) atoms. The molecule has 1 aromatic carbocycles. The second kappa shape index (κ2) is 4.56. The molecule has 0 unspecified atom stereocenters. The lowest BCUT2D eigenvalue weighted by Crippen LogP contribution is -2.31. The summed E-state index contributed by atoms with van der Waals surface area (Å²) in [5.74, 6) is 0.252. The normalized spacial score (nSPS) is 19.5. The Hall–Kier alpha value is -1.88. The Morgan fingerprint density at radius 2 is 2.14 bits per heavy atom. The molecular weight excluding hydrogens is 294 g/mol. The molecule has 0 saturated heterocycles. The van der Waals surface area contributed by atoms with E-state index in [2.05, 4.69) is 22.8 Å². The average Bonchev–Trinajstić information content (AvgIpc) is 3.10. The van der Waals surface area contributed by atoms with E-state index in [1.54, 1.807) is 11.3 Å². The molecule has 1 fully saturated rings. The van der Waals surface area contributed by atoms with E-state index in [9.17, 15) is 4.79 Å². The first-order chi connectivity index (χ1) is 10.8. The minimum atomic E-state index is 0.252. The standard InChI is InChI=1S/C17H17N3OS/c21-15-8-12-7-11(6-10-2-1-5-20(15)16(10)12)14-9-22-17(19-14)18-13-3-4-13/h6-7,9,13H,1-5,8H2,(H,18,19). The number of aromatic nitrogens is 1. The first-order valence-corrected chi connectivity index (χ1v) is 8.84. The van der Waals surface area contributed by atoms with Crippen LogP contribution >= 0.6 is 11.3 Å². The number of nitrogens with one attached hydrogen (secondary N) is 1. The summed E-state index contributed by atoms with van der Waals surface area (Å²) in [7, 11) is 0. The van der Waals surface area contributed by atoms with E-state index in [-0.39, 0.29) is 5.91 Å². The maximum Gasteiger partial charge on any atom is 0.231 e. The first kappa shape index (κ1) is 12.6. The predicted octanol–water partition coefficient (Wildman–Crippen LogP) is 3.22. The van der Waals surface area contributed by atoms with E-state index >= 15 is 0 Å². The Morgan fingerprint density at radius 3 is 3.00 bits per heavy atom. The summed E-state index contributed by atoms with van der Waals surface area (Å²) in [5.41, 5.74) is 5.87. The molecular formula is C17H17N3OS. The number of nitrogens with zero attached hydrogens (tertiary/aromatic N) is 2. The third kappa shape index (κ3) is 1.96. The molecule has 0 bridgehead atoms. The molecule has 3 heterocycles. The SMILES string of the molecule is O=C1Cc2cc(-c3csc(NC4CC4)n3)cc3c2N1CCC3. The highest BCUT2D eigenvalue weighted by atomic mass is 32.1. The van der Waals surface area contributed by atoms with Gasteiger partial charge in [0.2, 0.25) is 5.91 Å². The smallest absolute Gasteiger partial charge is 0.231 e. The molecule has 1 saturated carbocycles. The van der Waals surface area contributed by atoms with E-state index < -0.39 is 0 Å². The van der Waals surface area contributed by atoms with E-state index in [1.165, 1.54) is 29.7 Å². The highest BCUT2D eigenvalue weighted by molar-refractivity contribution is 7.14. The van der Waals surface area contributed by atoms with Crippen LogP contribution < -0.4 is 10.2 Å². The molecule has 4 nitrogen and oxygen atoms in total. The minimum absolute atomic E-state index is 0.252. The zero-order valence-corrected chi connectivity index (χ0v) is 13.1. The summed E-state index contributed by atoms with van der Waals surface area (Å²) in [6, 6.07) is 5.03. The number of aryl methyl sites for hydroxylation is 1. The maximum absolute atomic E-state index is 12.1. The van der Waals surface area contributed by atoms with Crippen molar-refractivity contribution in [3.8, 4) is 11.3 Å². The Morgan fingerprint density at radius 1 is 1.27 bits per heavy atom. The van der Waals surface area contributed by atoms with Crippen molar-refractivity contribution in [1.29, 1.82) is 0 Å². The van der Waals surface area contributed by atoms with E-state index in [0.717, 1.165) is 35.8 Å². The third-order valence-corrected chi connectivity index (χ3v) is 5.49. The molecule has 112 valence electrons. The van der Waals surface area contributed by atoms with Gasteiger partial charge in [0.15, 0.2) is 5.13 Å². The Kier molecular flexibility index (Phi) is 2.62. The van der Waals surface area contributed by atoms with Crippen LogP contribution in [0.15, 0.2) is 17.5 Å². The number of carbonyl (C=O) groups excluding carboxylic acids is 1. The van der Waals surface area contributed by atoms with Gasteiger partial charge in [0, 0.05) is 23.5 Å². The van der Waals surface area contributed by atoms with Gasteiger partial charge in [-0.2, -0.15) is 0 Å². The number of anilines is 2. The number of hydrogen-bond donors (Lipinski definition) is 1. The molecule has 1 aliphatic carbocycles. The van der Waals surface area contributed by atoms with Crippen molar-refractivity contribution in [2.45, 2.75) is 38.1 Å². The van der Waals surface area contributed by atoms with Crippen LogP contribution in [0, 0.1) is 0 Å². The zero-order valence-electron chi connectivity index (χ0n) is 12.3. The minimum Gasteiger partial charge on any atom is -0.359 e. The fraction of sp³-hybridized carbons (Fsp3) is 0.412. The number of rotatable bonds is 3. The van der Waals surface area contributed by atoms with E-state index in [1.807, 2.05) is 4.90 Å². The van der Waals surface area contributed by atoms with Crippen molar-refractivity contribution in [3.63, 3.8) is 0 Å². The van der Waals surface area contributed by atoms with Crippen LogP contribution in [0.1, 0.15) is 30.4 Å². The quantitative estimate of drug-likeness (QED) is 0.946. The van der Waals surface area contributed by atoms with Gasteiger partial charge in [0.05, 0.1) is 17.8 Å². The van der Waals surface area contributed by atoms with Gasteiger partial charge in [0.25, 0.3) is 0 Å². The molecule has 1 amide bonds. The van der Waals surface area contributed by atoms with Gasteiger partial charge in [-0.05, 0) is 48.9 Å². The molecule has 5 rings (SSSR count). The Labute approximate surface area is 133 Å². The van der Waals surface area contributed by atoms with Crippen molar-refractivity contribution < 1.29 is 4.79 Å². The number of hydrogen-bond acceptors (Lipinski definition) is 4. The van der Waals surface area contributed by atoms with Gasteiger partial charge in [-0.15, -0.1) is 11.3 Å². The van der Waals surface area contributed by atoms with Crippen LogP contribution in [0.5, 0.6) is 0 Å². The molecule has 1 N–H and O–H groups in total. The first-order valence-electron chi connectivity index (χ1n) is 7.96. The fourth-order valence-corrected chi connectivity index (χ4v) is 4.30. The number of carbonyl (C=O) groups is 1. The Bertz CT molecular complexity index is 778. The van der Waals surface area contributed by atoms with Gasteiger partial charge in [-0.1, -0.05) is 0 Å². The van der Waals surface area contributed by atoms with Crippen LogP contribution in [0.4, 0.5) is 10.8 Å². The van der Waals surface area contributed by atoms with Crippen LogP contribution in [0.25, 0.3) is 11.3 Å². The molecule has 5 heteroatoms. The molecule has 2 aromatic rings. The van der Waals surface area contributed by atoms with Gasteiger partial charge in [-0.25, -0.2) is 4.98 Å². The zero-order chi connectivity index (χ0) is 14.7. The molecule has 3 aliphatic rings. The van der Waals surface area contributed by atoms with Crippen LogP contribution in [0.3, 0.4) is 0 Å². The highest BCUT2D eigenvalue weighted by Gasteiger charge is 2.32. The third-order valence-electron chi connectivity index (χ3n) is 4.71. The van der Waals surface area contributed by atoms with E-state index in [0.29, 0.717) is 12.5 Å². The van der Waals surface area contributed by atoms with Gasteiger partial charge < -0.3 is 10.2 Å². The van der Waals surface area contributed by atoms with Crippen molar-refractivity contribution >= 4 is 28.1 Å². The predicted molar refractivity (Wildman–Crippen MR) is 88.6 cm³/mol.